The first-order valence-corrected chi connectivity index (χ1v) is 9.29. The molecule has 0 spiro atoms. The molecule has 1 aliphatic carbocycles. The van der Waals surface area contributed by atoms with Gasteiger partial charge in [0.05, 0.1) is 18.9 Å². The molecule has 1 saturated heterocycles. The van der Waals surface area contributed by atoms with Crippen LogP contribution in [0.2, 0.25) is 0 Å². The summed E-state index contributed by atoms with van der Waals surface area (Å²) in [5, 5.41) is 3.26. The number of allylic oxidation sites excluding steroid dienone is 3. The van der Waals surface area contributed by atoms with Gasteiger partial charge in [-0.2, -0.15) is 0 Å². The molecular weight excluding hydrogens is 328 g/mol. The van der Waals surface area contributed by atoms with E-state index in [0.29, 0.717) is 41.8 Å². The van der Waals surface area contributed by atoms with Crippen LogP contribution in [0.25, 0.3) is 0 Å². The number of nitrogens with zero attached hydrogens (tertiary/aromatic N) is 1. The summed E-state index contributed by atoms with van der Waals surface area (Å²) in [6.45, 7) is 8.85. The number of rotatable bonds is 8. The third kappa shape index (κ3) is 4.11. The summed E-state index contributed by atoms with van der Waals surface area (Å²) in [6.07, 6.45) is 3.91. The van der Waals surface area contributed by atoms with Crippen molar-refractivity contribution in [1.82, 2.24) is 10.2 Å². The van der Waals surface area contributed by atoms with Crippen LogP contribution in [0.15, 0.2) is 48.2 Å². The average molecular weight is 354 g/mol. The fourth-order valence-corrected chi connectivity index (χ4v) is 3.44. The minimum absolute atomic E-state index is 0.0438. The number of ketones is 2. The lowest BCUT2D eigenvalue weighted by Crippen LogP contribution is -2.38. The first-order valence-electron chi connectivity index (χ1n) is 9.29. The van der Waals surface area contributed by atoms with Crippen LogP contribution in [-0.2, 0) is 4.74 Å². The van der Waals surface area contributed by atoms with E-state index in [1.165, 1.54) is 0 Å². The van der Waals surface area contributed by atoms with E-state index in [1.54, 1.807) is 30.3 Å². The molecule has 26 heavy (non-hydrogen) atoms. The monoisotopic (exact) mass is 354 g/mol. The first-order chi connectivity index (χ1) is 12.7. The zero-order valence-corrected chi connectivity index (χ0v) is 15.1. The van der Waals surface area contributed by atoms with Gasteiger partial charge in [-0.1, -0.05) is 30.3 Å². The molecule has 138 valence electrons. The summed E-state index contributed by atoms with van der Waals surface area (Å²) in [5.74, 6) is -0.122. The highest BCUT2D eigenvalue weighted by Crippen LogP contribution is 2.27. The first kappa shape index (κ1) is 18.5. The van der Waals surface area contributed by atoms with Crippen molar-refractivity contribution < 1.29 is 14.3 Å². The molecule has 0 amide bonds. The Balaban J connectivity index is 1.69. The van der Waals surface area contributed by atoms with Crippen LogP contribution >= 0.6 is 0 Å². The van der Waals surface area contributed by atoms with Crippen molar-refractivity contribution in [2.75, 3.05) is 39.4 Å². The molecule has 1 N–H and O–H groups in total. The van der Waals surface area contributed by atoms with Crippen molar-refractivity contribution in [3.8, 4) is 0 Å². The van der Waals surface area contributed by atoms with Gasteiger partial charge in [-0.15, -0.1) is 6.58 Å². The fourth-order valence-electron chi connectivity index (χ4n) is 3.44. The molecule has 0 radical (unpaired) electrons. The average Bonchev–Trinajstić information content (AvgIpc) is 2.69. The van der Waals surface area contributed by atoms with Gasteiger partial charge in [0.25, 0.3) is 0 Å². The van der Waals surface area contributed by atoms with Crippen LogP contribution in [0.1, 0.15) is 40.0 Å². The lowest BCUT2D eigenvalue weighted by atomic mass is 9.85. The van der Waals surface area contributed by atoms with Crippen molar-refractivity contribution in [3.05, 3.63) is 59.3 Å². The van der Waals surface area contributed by atoms with E-state index < -0.39 is 0 Å². The number of hydrogen-bond donors (Lipinski definition) is 1. The second-order valence-electron chi connectivity index (χ2n) is 6.62. The van der Waals surface area contributed by atoms with Crippen molar-refractivity contribution in [2.24, 2.45) is 0 Å². The molecular formula is C21H26N2O3. The van der Waals surface area contributed by atoms with Crippen LogP contribution in [-0.4, -0.2) is 55.9 Å². The van der Waals surface area contributed by atoms with Crippen LogP contribution < -0.4 is 5.32 Å². The maximum atomic E-state index is 12.9. The van der Waals surface area contributed by atoms with Gasteiger partial charge < -0.3 is 10.1 Å². The highest BCUT2D eigenvalue weighted by Gasteiger charge is 2.31. The number of hydrogen-bond acceptors (Lipinski definition) is 5. The van der Waals surface area contributed by atoms with Gasteiger partial charge in [-0.3, -0.25) is 14.5 Å². The minimum Gasteiger partial charge on any atom is -0.381 e. The Hall–Kier alpha value is -2.24. The van der Waals surface area contributed by atoms with Crippen molar-refractivity contribution >= 4 is 11.6 Å². The zero-order valence-electron chi connectivity index (χ0n) is 15.1. The standard InChI is InChI=1S/C21H26N2O3/c1-2-3-7-18-19(22-10-6-11-23-12-14-26-15-13-23)21(25)17-9-5-4-8-16(17)20(18)24/h2,4-5,8-9,22H,1,3,6-7,10-15H2. The summed E-state index contributed by atoms with van der Waals surface area (Å²) >= 11 is 0. The molecule has 1 fully saturated rings. The van der Waals surface area contributed by atoms with E-state index in [1.807, 2.05) is 0 Å². The molecule has 1 heterocycles. The Kier molecular flexibility index (Phi) is 6.36. The molecule has 1 aliphatic heterocycles. The smallest absolute Gasteiger partial charge is 0.210 e. The normalized spacial score (nSPS) is 18.0. The number of morpholine rings is 1. The van der Waals surface area contributed by atoms with Crippen LogP contribution in [0, 0.1) is 0 Å². The number of nitrogens with one attached hydrogen (secondary N) is 1. The number of benzene rings is 1. The second kappa shape index (κ2) is 8.92. The molecule has 2 aliphatic rings. The predicted molar refractivity (Wildman–Crippen MR) is 101 cm³/mol. The number of Topliss-reactive ketones (excluding diaryl/α,β-unsaturated/α-hetero) is 2. The minimum atomic E-state index is -0.0781. The topological polar surface area (TPSA) is 58.6 Å². The van der Waals surface area contributed by atoms with Crippen LogP contribution in [0.3, 0.4) is 0 Å². The lowest BCUT2D eigenvalue weighted by molar-refractivity contribution is 0.0375. The molecule has 0 aromatic heterocycles. The van der Waals surface area contributed by atoms with E-state index in [-0.39, 0.29) is 11.6 Å². The van der Waals surface area contributed by atoms with E-state index in [0.717, 1.165) is 39.3 Å². The third-order valence-corrected chi connectivity index (χ3v) is 4.87. The summed E-state index contributed by atoms with van der Waals surface area (Å²) in [5.41, 5.74) is 2.06. The van der Waals surface area contributed by atoms with Crippen LogP contribution in [0.4, 0.5) is 0 Å². The van der Waals surface area contributed by atoms with Crippen molar-refractivity contribution in [3.63, 3.8) is 0 Å². The molecule has 1 aromatic carbocycles. The quantitative estimate of drug-likeness (QED) is 0.574. The number of carbonyl (C=O) groups excluding carboxylic acids is 2. The summed E-state index contributed by atoms with van der Waals surface area (Å²) < 4.78 is 5.36. The van der Waals surface area contributed by atoms with Gasteiger partial charge in [-0.25, -0.2) is 0 Å². The zero-order chi connectivity index (χ0) is 18.4. The highest BCUT2D eigenvalue weighted by atomic mass is 16.5. The van der Waals surface area contributed by atoms with Gasteiger partial charge in [-0.05, 0) is 25.8 Å². The third-order valence-electron chi connectivity index (χ3n) is 4.87. The Morgan fingerprint density at radius 3 is 2.50 bits per heavy atom. The summed E-state index contributed by atoms with van der Waals surface area (Å²) in [7, 11) is 0. The van der Waals surface area contributed by atoms with E-state index in [4.69, 9.17) is 4.74 Å². The van der Waals surface area contributed by atoms with E-state index in [9.17, 15) is 9.59 Å². The van der Waals surface area contributed by atoms with E-state index >= 15 is 0 Å². The Bertz CT molecular complexity index is 718. The number of ether oxygens (including phenoxy) is 1. The Morgan fingerprint density at radius 2 is 1.81 bits per heavy atom. The van der Waals surface area contributed by atoms with Crippen molar-refractivity contribution in [2.45, 2.75) is 19.3 Å². The highest BCUT2D eigenvalue weighted by molar-refractivity contribution is 6.26. The largest absolute Gasteiger partial charge is 0.381 e. The van der Waals surface area contributed by atoms with Gasteiger partial charge in [0.1, 0.15) is 0 Å². The van der Waals surface area contributed by atoms with Gasteiger partial charge in [0.15, 0.2) is 5.78 Å². The Morgan fingerprint density at radius 1 is 1.12 bits per heavy atom. The molecule has 0 bridgehead atoms. The SMILES string of the molecule is C=CCCC1=C(NCCCN2CCOCC2)C(=O)c2ccccc2C1=O. The fraction of sp³-hybridized carbons (Fsp3) is 0.429. The Labute approximate surface area is 154 Å². The number of fused-ring (bicyclic) bond motifs is 1. The number of carbonyl (C=O) groups is 2. The molecule has 0 saturated carbocycles. The molecule has 5 heteroatoms. The van der Waals surface area contributed by atoms with Gasteiger partial charge in [0, 0.05) is 36.3 Å². The maximum Gasteiger partial charge on any atom is 0.210 e. The maximum absolute atomic E-state index is 12.9. The van der Waals surface area contributed by atoms with Crippen LogP contribution in [0.5, 0.6) is 0 Å². The molecule has 0 unspecified atom stereocenters. The summed E-state index contributed by atoms with van der Waals surface area (Å²) in [6, 6.07) is 7.07. The van der Waals surface area contributed by atoms with Gasteiger partial charge in [0.2, 0.25) is 5.78 Å². The van der Waals surface area contributed by atoms with Gasteiger partial charge >= 0.3 is 0 Å². The lowest BCUT2D eigenvalue weighted by Gasteiger charge is -2.27. The molecule has 1 aromatic rings. The molecule has 5 nitrogen and oxygen atoms in total. The second-order valence-corrected chi connectivity index (χ2v) is 6.62. The summed E-state index contributed by atoms with van der Waals surface area (Å²) in [4.78, 5) is 28.1. The van der Waals surface area contributed by atoms with E-state index in [2.05, 4.69) is 16.8 Å². The molecule has 0 atom stereocenters. The molecule has 3 rings (SSSR count). The predicted octanol–water partition coefficient (Wildman–Crippen LogP) is 2.60. The van der Waals surface area contributed by atoms with Crippen molar-refractivity contribution in [1.29, 1.82) is 0 Å².